The topological polar surface area (TPSA) is 64.1 Å². The molecule has 0 aliphatic heterocycles. The maximum absolute atomic E-state index is 5.22. The van der Waals surface area contributed by atoms with Gasteiger partial charge >= 0.3 is 0 Å². The molecule has 0 fully saturated rings. The van der Waals surface area contributed by atoms with Crippen LogP contribution in [0, 0.1) is 0 Å². The molecule has 5 heteroatoms. The highest BCUT2D eigenvalue weighted by Crippen LogP contribution is 2.20. The molecule has 80 valence electrons. The Balaban J connectivity index is 1.86. The van der Waals surface area contributed by atoms with Gasteiger partial charge in [0.25, 0.3) is 0 Å². The molecule has 0 unspecified atom stereocenters. The lowest BCUT2D eigenvalue weighted by molar-refractivity contribution is 0.518. The van der Waals surface area contributed by atoms with E-state index in [0.29, 0.717) is 12.3 Å². The summed E-state index contributed by atoms with van der Waals surface area (Å²) in [5.74, 6) is 1.60. The van der Waals surface area contributed by atoms with Crippen molar-refractivity contribution in [2.45, 2.75) is 6.54 Å². The number of anilines is 1. The Morgan fingerprint density at radius 2 is 2.12 bits per heavy atom. The van der Waals surface area contributed by atoms with Crippen molar-refractivity contribution in [3.63, 3.8) is 0 Å². The fourth-order valence-electron chi connectivity index (χ4n) is 1.51. The van der Waals surface area contributed by atoms with Gasteiger partial charge in [-0.1, -0.05) is 0 Å². The molecule has 0 aromatic carbocycles. The minimum Gasteiger partial charge on any atom is -0.467 e. The second kappa shape index (κ2) is 3.69. The van der Waals surface area contributed by atoms with Crippen molar-refractivity contribution in [2.75, 3.05) is 5.32 Å². The van der Waals surface area contributed by atoms with Crippen molar-refractivity contribution in [1.29, 1.82) is 0 Å². The first kappa shape index (κ1) is 8.96. The van der Waals surface area contributed by atoms with Crippen LogP contribution in [0.15, 0.2) is 45.9 Å². The molecule has 0 saturated heterocycles. The fourth-order valence-corrected chi connectivity index (χ4v) is 1.51. The van der Waals surface area contributed by atoms with Gasteiger partial charge in [0.2, 0.25) is 5.71 Å². The van der Waals surface area contributed by atoms with E-state index in [1.165, 1.54) is 6.33 Å². The molecule has 0 atom stereocenters. The van der Waals surface area contributed by atoms with Crippen LogP contribution < -0.4 is 5.32 Å². The van der Waals surface area contributed by atoms with Crippen molar-refractivity contribution in [3.8, 4) is 0 Å². The quantitative estimate of drug-likeness (QED) is 0.726. The molecule has 3 heterocycles. The summed E-state index contributed by atoms with van der Waals surface area (Å²) in [7, 11) is 0. The average Bonchev–Trinajstić information content (AvgIpc) is 2.97. The van der Waals surface area contributed by atoms with Crippen molar-refractivity contribution in [2.24, 2.45) is 0 Å². The zero-order chi connectivity index (χ0) is 10.8. The summed E-state index contributed by atoms with van der Waals surface area (Å²) in [6.45, 7) is 0.588. The van der Waals surface area contributed by atoms with Crippen LogP contribution in [-0.4, -0.2) is 9.97 Å². The first-order chi connectivity index (χ1) is 7.93. The number of hydrogen-bond acceptors (Lipinski definition) is 5. The highest BCUT2D eigenvalue weighted by molar-refractivity contribution is 5.84. The predicted molar refractivity (Wildman–Crippen MR) is 57.8 cm³/mol. The van der Waals surface area contributed by atoms with E-state index < -0.39 is 0 Å². The van der Waals surface area contributed by atoms with E-state index in [9.17, 15) is 0 Å². The van der Waals surface area contributed by atoms with Gasteiger partial charge in [0, 0.05) is 0 Å². The average molecular weight is 215 g/mol. The third-order valence-corrected chi connectivity index (χ3v) is 2.27. The molecule has 0 amide bonds. The fraction of sp³-hybridized carbons (Fsp3) is 0.0909. The lowest BCUT2D eigenvalue weighted by Crippen LogP contribution is -2.00. The molecule has 16 heavy (non-hydrogen) atoms. The first-order valence-corrected chi connectivity index (χ1v) is 4.88. The molecule has 3 aromatic heterocycles. The van der Waals surface area contributed by atoms with E-state index >= 15 is 0 Å². The second-order valence-electron chi connectivity index (χ2n) is 3.29. The number of rotatable bonds is 3. The maximum atomic E-state index is 5.22. The van der Waals surface area contributed by atoms with E-state index in [1.54, 1.807) is 12.5 Å². The van der Waals surface area contributed by atoms with Crippen molar-refractivity contribution >= 4 is 16.9 Å². The summed E-state index contributed by atoms with van der Waals surface area (Å²) in [6, 6.07) is 5.59. The zero-order valence-corrected chi connectivity index (χ0v) is 8.38. The van der Waals surface area contributed by atoms with Gasteiger partial charge in [-0.2, -0.15) is 0 Å². The van der Waals surface area contributed by atoms with Gasteiger partial charge in [-0.25, -0.2) is 9.97 Å². The van der Waals surface area contributed by atoms with Crippen molar-refractivity contribution < 1.29 is 8.83 Å². The van der Waals surface area contributed by atoms with Gasteiger partial charge in [0.15, 0.2) is 0 Å². The lowest BCUT2D eigenvalue weighted by atomic mass is 10.3. The monoisotopic (exact) mass is 215 g/mol. The number of aromatic nitrogens is 2. The SMILES string of the molecule is c1coc(CNc2ncnc3occc23)c1. The molecule has 0 bridgehead atoms. The van der Waals surface area contributed by atoms with Gasteiger partial charge < -0.3 is 14.2 Å². The molecular formula is C11H9N3O2. The molecule has 3 aromatic rings. The second-order valence-corrected chi connectivity index (χ2v) is 3.29. The molecule has 0 aliphatic rings. The molecule has 0 aliphatic carbocycles. The highest BCUT2D eigenvalue weighted by atomic mass is 16.3. The van der Waals surface area contributed by atoms with E-state index in [4.69, 9.17) is 8.83 Å². The third kappa shape index (κ3) is 1.52. The maximum Gasteiger partial charge on any atom is 0.231 e. The summed E-state index contributed by atoms with van der Waals surface area (Å²) in [4.78, 5) is 8.16. The summed E-state index contributed by atoms with van der Waals surface area (Å²) in [5.41, 5.74) is 0.581. The number of hydrogen-bond donors (Lipinski definition) is 1. The van der Waals surface area contributed by atoms with Crippen LogP contribution in [0.25, 0.3) is 11.1 Å². The number of nitrogens with one attached hydrogen (secondary N) is 1. The smallest absolute Gasteiger partial charge is 0.231 e. The summed E-state index contributed by atoms with van der Waals surface area (Å²) < 4.78 is 10.4. The van der Waals surface area contributed by atoms with Crippen molar-refractivity contribution in [1.82, 2.24) is 9.97 Å². The van der Waals surface area contributed by atoms with Crippen LogP contribution in [-0.2, 0) is 6.54 Å². The van der Waals surface area contributed by atoms with Gasteiger partial charge in [-0.3, -0.25) is 0 Å². The Labute approximate surface area is 91.1 Å². The normalized spacial score (nSPS) is 10.8. The molecule has 3 rings (SSSR count). The summed E-state index contributed by atoms with van der Waals surface area (Å²) >= 11 is 0. The minimum atomic E-state index is 0.581. The predicted octanol–water partition coefficient (Wildman–Crippen LogP) is 2.43. The summed E-state index contributed by atoms with van der Waals surface area (Å²) in [5, 5.41) is 4.04. The van der Waals surface area contributed by atoms with Gasteiger partial charge in [-0.15, -0.1) is 0 Å². The van der Waals surface area contributed by atoms with Crippen LogP contribution in [0.2, 0.25) is 0 Å². The van der Waals surface area contributed by atoms with Crippen molar-refractivity contribution in [3.05, 3.63) is 42.8 Å². The Bertz CT molecular complexity index is 586. The molecule has 0 radical (unpaired) electrons. The Kier molecular flexibility index (Phi) is 2.07. The minimum absolute atomic E-state index is 0.581. The Morgan fingerprint density at radius 3 is 3.00 bits per heavy atom. The first-order valence-electron chi connectivity index (χ1n) is 4.88. The molecular weight excluding hydrogens is 206 g/mol. The summed E-state index contributed by atoms with van der Waals surface area (Å²) in [6.07, 6.45) is 4.71. The number of furan rings is 2. The van der Waals surface area contributed by atoms with Crippen LogP contribution in [0.4, 0.5) is 5.82 Å². The lowest BCUT2D eigenvalue weighted by Gasteiger charge is -2.03. The number of fused-ring (bicyclic) bond motifs is 1. The standard InChI is InChI=1S/C11H9N3O2/c1-2-8(15-4-1)6-12-10-9-3-5-16-11(9)14-7-13-10/h1-5,7H,6H2,(H,12,13,14). The van der Waals surface area contributed by atoms with Crippen LogP contribution in [0.3, 0.4) is 0 Å². The van der Waals surface area contributed by atoms with Crippen LogP contribution in [0.5, 0.6) is 0 Å². The third-order valence-electron chi connectivity index (χ3n) is 2.27. The van der Waals surface area contributed by atoms with E-state index in [0.717, 1.165) is 17.0 Å². The van der Waals surface area contributed by atoms with Gasteiger partial charge in [0.1, 0.15) is 17.9 Å². The Hall–Kier alpha value is -2.30. The molecule has 1 N–H and O–H groups in total. The molecule has 5 nitrogen and oxygen atoms in total. The molecule has 0 saturated carbocycles. The zero-order valence-electron chi connectivity index (χ0n) is 8.38. The number of nitrogens with zero attached hydrogens (tertiary/aromatic N) is 2. The van der Waals surface area contributed by atoms with E-state index in [2.05, 4.69) is 15.3 Å². The van der Waals surface area contributed by atoms with Gasteiger partial charge in [0.05, 0.1) is 24.5 Å². The highest BCUT2D eigenvalue weighted by Gasteiger charge is 2.05. The molecule has 0 spiro atoms. The van der Waals surface area contributed by atoms with Crippen LogP contribution >= 0.6 is 0 Å². The largest absolute Gasteiger partial charge is 0.467 e. The van der Waals surface area contributed by atoms with E-state index in [-0.39, 0.29) is 0 Å². The van der Waals surface area contributed by atoms with Gasteiger partial charge in [-0.05, 0) is 18.2 Å². The van der Waals surface area contributed by atoms with Crippen LogP contribution in [0.1, 0.15) is 5.76 Å². The van der Waals surface area contributed by atoms with E-state index in [1.807, 2.05) is 18.2 Å². The Morgan fingerprint density at radius 1 is 1.12 bits per heavy atom.